The number of carbonyl (C=O) groups is 1. The van der Waals surface area contributed by atoms with E-state index in [9.17, 15) is 9.59 Å². The van der Waals surface area contributed by atoms with E-state index in [-0.39, 0.29) is 18.3 Å². The molecule has 4 N–H and O–H groups in total. The molecule has 2 aromatic rings. The smallest absolute Gasteiger partial charge is 0.338 e. The largest absolute Gasteiger partial charge is 0.340 e. The molecule has 0 radical (unpaired) electrons. The number of likely N-dealkylation sites (tertiary alicyclic amines) is 1. The summed E-state index contributed by atoms with van der Waals surface area (Å²) in [7, 11) is 0. The van der Waals surface area contributed by atoms with Crippen LogP contribution >= 0.6 is 0 Å². The minimum atomic E-state index is -0.377. The summed E-state index contributed by atoms with van der Waals surface area (Å²) in [6.45, 7) is 2.88. The first-order chi connectivity index (χ1) is 12.7. The van der Waals surface area contributed by atoms with Crippen LogP contribution in [0.2, 0.25) is 0 Å². The van der Waals surface area contributed by atoms with Gasteiger partial charge in [-0.3, -0.25) is 9.88 Å². The van der Waals surface area contributed by atoms with Crippen LogP contribution in [0.3, 0.4) is 0 Å². The van der Waals surface area contributed by atoms with Crippen molar-refractivity contribution in [1.82, 2.24) is 30.7 Å². The number of rotatable bonds is 7. The number of H-pyrrole nitrogens is 2. The highest BCUT2D eigenvalue weighted by molar-refractivity contribution is 5.73. The van der Waals surface area contributed by atoms with E-state index < -0.39 is 0 Å². The van der Waals surface area contributed by atoms with Crippen molar-refractivity contribution in [2.45, 2.75) is 44.8 Å². The first-order valence-electron chi connectivity index (χ1n) is 9.14. The fraction of sp³-hybridized carbons (Fsp3) is 0.500. The highest BCUT2D eigenvalue weighted by Crippen LogP contribution is 2.21. The van der Waals surface area contributed by atoms with E-state index in [4.69, 9.17) is 0 Å². The van der Waals surface area contributed by atoms with Crippen molar-refractivity contribution in [2.75, 3.05) is 13.1 Å². The molecule has 0 unspecified atom stereocenters. The number of aromatic amines is 2. The normalized spacial score (nSPS) is 17.8. The molecule has 1 aromatic heterocycles. The van der Waals surface area contributed by atoms with Gasteiger partial charge in [-0.25, -0.2) is 14.7 Å². The third kappa shape index (κ3) is 5.45. The maximum atomic E-state index is 11.9. The number of nitrogens with zero attached hydrogens (tertiary/aromatic N) is 2. The second kappa shape index (κ2) is 9.19. The zero-order chi connectivity index (χ0) is 18.2. The quantitative estimate of drug-likeness (QED) is 0.599. The summed E-state index contributed by atoms with van der Waals surface area (Å²) < 4.78 is 0. The molecule has 0 bridgehead atoms. The summed E-state index contributed by atoms with van der Waals surface area (Å²) in [6, 6.07) is 10.8. The Morgan fingerprint density at radius 1 is 1.23 bits per heavy atom. The number of nitrogens with one attached hydrogen (secondary N) is 4. The lowest BCUT2D eigenvalue weighted by atomic mass is 9.98. The van der Waals surface area contributed by atoms with Crippen molar-refractivity contribution in [1.29, 1.82) is 0 Å². The average Bonchev–Trinajstić information content (AvgIpc) is 3.08. The summed E-state index contributed by atoms with van der Waals surface area (Å²) in [6.07, 6.45) is 4.58. The van der Waals surface area contributed by atoms with Gasteiger partial charge in [0.05, 0.1) is 6.54 Å². The van der Waals surface area contributed by atoms with Gasteiger partial charge in [-0.2, -0.15) is 5.10 Å². The first kappa shape index (κ1) is 18.2. The Morgan fingerprint density at radius 3 is 2.85 bits per heavy atom. The van der Waals surface area contributed by atoms with Crippen molar-refractivity contribution in [2.24, 2.45) is 0 Å². The monoisotopic (exact) mass is 358 g/mol. The zero-order valence-corrected chi connectivity index (χ0v) is 14.8. The van der Waals surface area contributed by atoms with Gasteiger partial charge < -0.3 is 10.6 Å². The predicted molar refractivity (Wildman–Crippen MR) is 98.6 cm³/mol. The van der Waals surface area contributed by atoms with Crippen molar-refractivity contribution in [3.8, 4) is 0 Å². The standard InChI is InChI=1S/C18H26N6O2/c25-17(20-12-16-21-18(26)23-22-16)19-10-9-15-8-4-5-11-24(15)13-14-6-2-1-3-7-14/h1-3,6-7,15H,4-5,8-13H2,(H2,19,20,25)(H2,21,22,23,26)/t15-/m0/s1. The molecule has 140 valence electrons. The van der Waals surface area contributed by atoms with Gasteiger partial charge in [0, 0.05) is 19.1 Å². The number of piperidine rings is 1. The van der Waals surface area contributed by atoms with Crippen molar-refractivity contribution in [3.05, 3.63) is 52.2 Å². The molecule has 1 saturated heterocycles. The molecular formula is C18H26N6O2. The van der Waals surface area contributed by atoms with E-state index >= 15 is 0 Å². The molecule has 8 heteroatoms. The fourth-order valence-electron chi connectivity index (χ4n) is 3.38. The van der Waals surface area contributed by atoms with Crippen molar-refractivity contribution >= 4 is 6.03 Å². The van der Waals surface area contributed by atoms with Gasteiger partial charge in [0.15, 0.2) is 0 Å². The predicted octanol–water partition coefficient (Wildman–Crippen LogP) is 1.34. The maximum Gasteiger partial charge on any atom is 0.340 e. The Labute approximate surface area is 152 Å². The van der Waals surface area contributed by atoms with Gasteiger partial charge in [-0.05, 0) is 31.4 Å². The maximum absolute atomic E-state index is 11.9. The van der Waals surface area contributed by atoms with E-state index in [1.54, 1.807) is 0 Å². The Bertz CT molecular complexity index is 741. The topological polar surface area (TPSA) is 106 Å². The molecule has 3 rings (SSSR count). The third-order valence-electron chi connectivity index (χ3n) is 4.71. The van der Waals surface area contributed by atoms with E-state index in [0.29, 0.717) is 18.4 Å². The lowest BCUT2D eigenvalue weighted by molar-refractivity contribution is 0.132. The highest BCUT2D eigenvalue weighted by atomic mass is 16.2. The van der Waals surface area contributed by atoms with Crippen LogP contribution in [0.5, 0.6) is 0 Å². The van der Waals surface area contributed by atoms with Gasteiger partial charge in [-0.1, -0.05) is 36.8 Å². The number of urea groups is 1. The van der Waals surface area contributed by atoms with Gasteiger partial charge in [0.25, 0.3) is 0 Å². The molecule has 1 aliphatic rings. The number of hydrogen-bond donors (Lipinski definition) is 4. The van der Waals surface area contributed by atoms with Crippen LogP contribution < -0.4 is 16.3 Å². The van der Waals surface area contributed by atoms with Crippen molar-refractivity contribution < 1.29 is 4.79 Å². The second-order valence-electron chi connectivity index (χ2n) is 6.63. The van der Waals surface area contributed by atoms with Crippen LogP contribution in [-0.2, 0) is 13.1 Å². The van der Waals surface area contributed by atoms with Gasteiger partial charge >= 0.3 is 11.7 Å². The summed E-state index contributed by atoms with van der Waals surface area (Å²) in [4.78, 5) is 27.8. The molecule has 0 saturated carbocycles. The van der Waals surface area contributed by atoms with Gasteiger partial charge in [0.1, 0.15) is 5.82 Å². The van der Waals surface area contributed by atoms with Crippen LogP contribution in [0.4, 0.5) is 4.79 Å². The van der Waals surface area contributed by atoms with Crippen LogP contribution in [0, 0.1) is 0 Å². The summed E-state index contributed by atoms with van der Waals surface area (Å²) in [5.74, 6) is 0.409. The van der Waals surface area contributed by atoms with Gasteiger partial charge in [0.2, 0.25) is 0 Å². The van der Waals surface area contributed by atoms with Crippen LogP contribution in [0.15, 0.2) is 35.1 Å². The lowest BCUT2D eigenvalue weighted by Gasteiger charge is -2.36. The Hall–Kier alpha value is -2.61. The Kier molecular flexibility index (Phi) is 6.43. The minimum absolute atomic E-state index is 0.189. The molecule has 2 amide bonds. The van der Waals surface area contributed by atoms with E-state index in [2.05, 4.69) is 55.0 Å². The Morgan fingerprint density at radius 2 is 2.08 bits per heavy atom. The summed E-state index contributed by atoms with van der Waals surface area (Å²) >= 11 is 0. The molecule has 1 atom stereocenters. The molecular weight excluding hydrogens is 332 g/mol. The molecule has 1 fully saturated rings. The van der Waals surface area contributed by atoms with E-state index in [0.717, 1.165) is 19.5 Å². The van der Waals surface area contributed by atoms with Gasteiger partial charge in [-0.15, -0.1) is 0 Å². The average molecular weight is 358 g/mol. The van der Waals surface area contributed by atoms with Crippen LogP contribution in [0.1, 0.15) is 37.1 Å². The van der Waals surface area contributed by atoms with E-state index in [1.807, 2.05) is 6.07 Å². The molecule has 0 spiro atoms. The zero-order valence-electron chi connectivity index (χ0n) is 14.8. The third-order valence-corrected chi connectivity index (χ3v) is 4.71. The lowest BCUT2D eigenvalue weighted by Crippen LogP contribution is -2.42. The number of hydrogen-bond acceptors (Lipinski definition) is 4. The summed E-state index contributed by atoms with van der Waals surface area (Å²) in [5.41, 5.74) is 0.955. The molecule has 1 aliphatic heterocycles. The van der Waals surface area contributed by atoms with Crippen LogP contribution in [0.25, 0.3) is 0 Å². The molecule has 26 heavy (non-hydrogen) atoms. The van der Waals surface area contributed by atoms with Crippen molar-refractivity contribution in [3.63, 3.8) is 0 Å². The number of amides is 2. The number of carbonyl (C=O) groups excluding carboxylic acids is 1. The van der Waals surface area contributed by atoms with Crippen LogP contribution in [-0.4, -0.2) is 45.2 Å². The summed E-state index contributed by atoms with van der Waals surface area (Å²) in [5, 5.41) is 11.6. The minimum Gasteiger partial charge on any atom is -0.338 e. The molecule has 1 aromatic carbocycles. The molecule has 0 aliphatic carbocycles. The highest BCUT2D eigenvalue weighted by Gasteiger charge is 2.22. The number of aromatic nitrogens is 3. The fourth-order valence-corrected chi connectivity index (χ4v) is 3.38. The molecule has 8 nitrogen and oxygen atoms in total. The Balaban J connectivity index is 1.40. The number of benzene rings is 1. The first-order valence-corrected chi connectivity index (χ1v) is 9.14. The SMILES string of the molecule is O=C(NCC[C@@H]1CCCCN1Cc1ccccc1)NCc1n[nH]c(=O)[nH]1. The molecule has 2 heterocycles. The van der Waals surface area contributed by atoms with E-state index in [1.165, 1.54) is 24.8 Å². The second-order valence-corrected chi connectivity index (χ2v) is 6.63.